The summed E-state index contributed by atoms with van der Waals surface area (Å²) < 4.78 is 5.14. The number of likely N-dealkylation sites (N-methyl/N-ethyl adjacent to an activating group) is 2. The van der Waals surface area contributed by atoms with Crippen molar-refractivity contribution in [3.8, 4) is 0 Å². The van der Waals surface area contributed by atoms with Crippen molar-refractivity contribution in [2.24, 2.45) is 0 Å². The van der Waals surface area contributed by atoms with Crippen LogP contribution in [0.5, 0.6) is 0 Å². The van der Waals surface area contributed by atoms with Gasteiger partial charge in [-0.15, -0.1) is 0 Å². The summed E-state index contributed by atoms with van der Waals surface area (Å²) in [6, 6.07) is -0.402. The van der Waals surface area contributed by atoms with E-state index >= 15 is 0 Å². The maximum absolute atomic E-state index is 12.6. The Kier molecular flexibility index (Phi) is 5.41. The number of hydrogen-bond donors (Lipinski definition) is 0. The normalized spacial score (nSPS) is 19.0. The van der Waals surface area contributed by atoms with Crippen molar-refractivity contribution in [3.05, 3.63) is 17.0 Å². The van der Waals surface area contributed by atoms with E-state index < -0.39 is 6.04 Å². The van der Waals surface area contributed by atoms with E-state index in [1.165, 1.54) is 0 Å². The lowest BCUT2D eigenvalue weighted by molar-refractivity contribution is -0.147. The third kappa shape index (κ3) is 3.90. The van der Waals surface area contributed by atoms with E-state index in [0.29, 0.717) is 25.9 Å². The second-order valence-corrected chi connectivity index (χ2v) is 6.40. The number of carbonyl (C=O) groups is 2. The van der Waals surface area contributed by atoms with Gasteiger partial charge < -0.3 is 19.2 Å². The van der Waals surface area contributed by atoms with Gasteiger partial charge in [-0.05, 0) is 27.3 Å². The minimum absolute atomic E-state index is 0.0123. The first-order chi connectivity index (χ1) is 10.8. The fraction of sp³-hybridized carbons (Fsp3) is 0.688. The van der Waals surface area contributed by atoms with Crippen LogP contribution in [0.1, 0.15) is 23.4 Å². The molecule has 0 aliphatic carbocycles. The predicted octanol–water partition coefficient (Wildman–Crippen LogP) is 0.455. The van der Waals surface area contributed by atoms with E-state index in [1.807, 2.05) is 20.9 Å². The summed E-state index contributed by atoms with van der Waals surface area (Å²) in [6.45, 7) is 5.68. The molecule has 1 atom stereocenters. The summed E-state index contributed by atoms with van der Waals surface area (Å²) in [5.74, 6) is 0.745. The van der Waals surface area contributed by atoms with Gasteiger partial charge in [-0.3, -0.25) is 9.59 Å². The number of nitrogens with zero attached hydrogens (tertiary/aromatic N) is 4. The van der Waals surface area contributed by atoms with Crippen LogP contribution in [-0.2, 0) is 16.0 Å². The molecule has 1 unspecified atom stereocenters. The van der Waals surface area contributed by atoms with Crippen molar-refractivity contribution in [1.82, 2.24) is 19.9 Å². The Morgan fingerprint density at radius 1 is 1.30 bits per heavy atom. The molecular formula is C16H26N4O3. The molecule has 0 aromatic carbocycles. The lowest BCUT2D eigenvalue weighted by Gasteiger charge is -2.40. The molecule has 1 aliphatic heterocycles. The van der Waals surface area contributed by atoms with Crippen molar-refractivity contribution in [2.45, 2.75) is 32.7 Å². The first-order valence-corrected chi connectivity index (χ1v) is 7.92. The van der Waals surface area contributed by atoms with Crippen molar-refractivity contribution < 1.29 is 14.1 Å². The van der Waals surface area contributed by atoms with Gasteiger partial charge in [0, 0.05) is 45.7 Å². The highest BCUT2D eigenvalue weighted by Crippen LogP contribution is 2.17. The first kappa shape index (κ1) is 17.5. The van der Waals surface area contributed by atoms with Crippen molar-refractivity contribution in [2.75, 3.05) is 40.8 Å². The van der Waals surface area contributed by atoms with Crippen LogP contribution in [0.3, 0.4) is 0 Å². The summed E-state index contributed by atoms with van der Waals surface area (Å²) >= 11 is 0. The maximum atomic E-state index is 12.6. The second-order valence-electron chi connectivity index (χ2n) is 6.40. The van der Waals surface area contributed by atoms with Gasteiger partial charge in [0.05, 0.1) is 5.69 Å². The van der Waals surface area contributed by atoms with Crippen molar-refractivity contribution in [3.63, 3.8) is 0 Å². The van der Waals surface area contributed by atoms with E-state index in [1.54, 1.807) is 23.9 Å². The molecule has 0 spiro atoms. The Morgan fingerprint density at radius 3 is 2.57 bits per heavy atom. The molecule has 1 aromatic heterocycles. The predicted molar refractivity (Wildman–Crippen MR) is 86.0 cm³/mol. The monoisotopic (exact) mass is 322 g/mol. The zero-order chi connectivity index (χ0) is 17.1. The van der Waals surface area contributed by atoms with Gasteiger partial charge in [0.25, 0.3) is 0 Å². The molecule has 2 amide bonds. The molecule has 1 aromatic rings. The third-order valence-corrected chi connectivity index (χ3v) is 4.40. The average Bonchev–Trinajstić information content (AvgIpc) is 2.82. The van der Waals surface area contributed by atoms with Crippen LogP contribution in [-0.4, -0.2) is 78.5 Å². The summed E-state index contributed by atoms with van der Waals surface area (Å²) in [5.41, 5.74) is 1.82. The molecule has 0 N–H and O–H groups in total. The zero-order valence-corrected chi connectivity index (χ0v) is 14.6. The molecule has 128 valence electrons. The van der Waals surface area contributed by atoms with E-state index in [-0.39, 0.29) is 11.8 Å². The standard InChI is InChI=1S/C16H26N4O3/c1-11-13(12(2)23-17-11)6-7-15(21)20-9-8-19(5)10-14(20)16(22)18(3)4/h14H,6-10H2,1-5H3. The highest BCUT2D eigenvalue weighted by atomic mass is 16.5. The maximum Gasteiger partial charge on any atom is 0.246 e. The number of aryl methyl sites for hydroxylation is 2. The molecular weight excluding hydrogens is 296 g/mol. The Morgan fingerprint density at radius 2 is 2.00 bits per heavy atom. The number of piperazine rings is 1. The van der Waals surface area contributed by atoms with Gasteiger partial charge in [-0.2, -0.15) is 0 Å². The molecule has 0 radical (unpaired) electrons. The average molecular weight is 322 g/mol. The van der Waals surface area contributed by atoms with E-state index in [9.17, 15) is 9.59 Å². The van der Waals surface area contributed by atoms with Crippen molar-refractivity contribution in [1.29, 1.82) is 0 Å². The van der Waals surface area contributed by atoms with Gasteiger partial charge >= 0.3 is 0 Å². The minimum Gasteiger partial charge on any atom is -0.361 e. The number of aromatic nitrogens is 1. The highest BCUT2D eigenvalue weighted by molar-refractivity contribution is 5.88. The van der Waals surface area contributed by atoms with Crippen LogP contribution in [0.2, 0.25) is 0 Å². The van der Waals surface area contributed by atoms with Crippen LogP contribution < -0.4 is 0 Å². The van der Waals surface area contributed by atoms with Crippen LogP contribution in [0.4, 0.5) is 0 Å². The molecule has 2 heterocycles. The molecule has 1 saturated heterocycles. The quantitative estimate of drug-likeness (QED) is 0.805. The van der Waals surface area contributed by atoms with Gasteiger partial charge in [-0.1, -0.05) is 5.16 Å². The van der Waals surface area contributed by atoms with Gasteiger partial charge in [0.1, 0.15) is 11.8 Å². The second kappa shape index (κ2) is 7.12. The number of rotatable bonds is 4. The van der Waals surface area contributed by atoms with Crippen LogP contribution in [0.15, 0.2) is 4.52 Å². The van der Waals surface area contributed by atoms with E-state index in [4.69, 9.17) is 4.52 Å². The third-order valence-electron chi connectivity index (χ3n) is 4.40. The SMILES string of the molecule is Cc1noc(C)c1CCC(=O)N1CCN(C)CC1C(=O)N(C)C. The Labute approximate surface area is 137 Å². The smallest absolute Gasteiger partial charge is 0.246 e. The lowest BCUT2D eigenvalue weighted by atomic mass is 10.1. The van der Waals surface area contributed by atoms with Crippen molar-refractivity contribution >= 4 is 11.8 Å². The van der Waals surface area contributed by atoms with Crippen LogP contribution >= 0.6 is 0 Å². The van der Waals surface area contributed by atoms with E-state index in [0.717, 1.165) is 23.6 Å². The molecule has 2 rings (SSSR count). The Bertz CT molecular complexity index is 562. The molecule has 0 bridgehead atoms. The molecule has 1 fully saturated rings. The van der Waals surface area contributed by atoms with E-state index in [2.05, 4.69) is 10.1 Å². The van der Waals surface area contributed by atoms with Crippen LogP contribution in [0, 0.1) is 13.8 Å². The summed E-state index contributed by atoms with van der Waals surface area (Å²) in [7, 11) is 5.43. The topological polar surface area (TPSA) is 69.9 Å². The Balaban J connectivity index is 2.05. The molecule has 7 heteroatoms. The fourth-order valence-corrected chi connectivity index (χ4v) is 2.96. The zero-order valence-electron chi connectivity index (χ0n) is 14.6. The fourth-order valence-electron chi connectivity index (χ4n) is 2.96. The number of carbonyl (C=O) groups excluding carboxylic acids is 2. The Hall–Kier alpha value is -1.89. The summed E-state index contributed by atoms with van der Waals surface area (Å²) in [6.07, 6.45) is 0.957. The van der Waals surface area contributed by atoms with Gasteiger partial charge in [-0.25, -0.2) is 0 Å². The highest BCUT2D eigenvalue weighted by Gasteiger charge is 2.34. The van der Waals surface area contributed by atoms with Gasteiger partial charge in [0.2, 0.25) is 11.8 Å². The molecule has 23 heavy (non-hydrogen) atoms. The summed E-state index contributed by atoms with van der Waals surface area (Å²) in [4.78, 5) is 30.4. The molecule has 7 nitrogen and oxygen atoms in total. The summed E-state index contributed by atoms with van der Waals surface area (Å²) in [5, 5.41) is 3.92. The largest absolute Gasteiger partial charge is 0.361 e. The molecule has 0 saturated carbocycles. The first-order valence-electron chi connectivity index (χ1n) is 7.92. The number of hydrogen-bond acceptors (Lipinski definition) is 5. The van der Waals surface area contributed by atoms with Crippen LogP contribution in [0.25, 0.3) is 0 Å². The lowest BCUT2D eigenvalue weighted by Crippen LogP contribution is -2.59. The minimum atomic E-state index is -0.402. The van der Waals surface area contributed by atoms with Gasteiger partial charge in [0.15, 0.2) is 0 Å². The number of amides is 2. The molecule has 1 aliphatic rings.